The van der Waals surface area contributed by atoms with Gasteiger partial charge in [0.15, 0.2) is 0 Å². The number of non-ortho nitro benzene ring substituents is 1. The molecule has 0 radical (unpaired) electrons. The van der Waals surface area contributed by atoms with Gasteiger partial charge in [-0.3, -0.25) is 20.2 Å². The molecule has 2 aromatic carbocycles. The number of hydrogen-bond donors (Lipinski definition) is 1. The SMILES string of the molecule is C[C@H](Nc1ccc([N+](=O)[O-])cc1[N+](=O)[O-])c1ccc(F)cc1F. The van der Waals surface area contributed by atoms with Crippen LogP contribution >= 0.6 is 0 Å². The molecule has 9 heteroatoms. The number of nitrogens with one attached hydrogen (secondary N) is 1. The lowest BCUT2D eigenvalue weighted by Crippen LogP contribution is -2.10. The monoisotopic (exact) mass is 323 g/mol. The van der Waals surface area contributed by atoms with Crippen molar-refractivity contribution in [1.82, 2.24) is 0 Å². The minimum absolute atomic E-state index is 0.00294. The highest BCUT2D eigenvalue weighted by Gasteiger charge is 2.21. The van der Waals surface area contributed by atoms with Crippen LogP contribution in [0.4, 0.5) is 25.8 Å². The highest BCUT2D eigenvalue weighted by molar-refractivity contribution is 5.66. The van der Waals surface area contributed by atoms with Gasteiger partial charge < -0.3 is 5.32 Å². The summed E-state index contributed by atoms with van der Waals surface area (Å²) in [5.41, 5.74) is -0.827. The van der Waals surface area contributed by atoms with Crippen molar-refractivity contribution in [3.63, 3.8) is 0 Å². The fourth-order valence-corrected chi connectivity index (χ4v) is 2.07. The number of anilines is 1. The zero-order valence-corrected chi connectivity index (χ0v) is 11.8. The Kier molecular flexibility index (Phi) is 4.49. The maximum Gasteiger partial charge on any atom is 0.299 e. The second-order valence-corrected chi connectivity index (χ2v) is 4.75. The van der Waals surface area contributed by atoms with Gasteiger partial charge in [-0.2, -0.15) is 0 Å². The maximum absolute atomic E-state index is 13.7. The number of nitrogens with zero attached hydrogens (tertiary/aromatic N) is 2. The minimum atomic E-state index is -0.797. The number of hydrogen-bond acceptors (Lipinski definition) is 5. The topological polar surface area (TPSA) is 98.3 Å². The van der Waals surface area contributed by atoms with Crippen LogP contribution in [0.5, 0.6) is 0 Å². The van der Waals surface area contributed by atoms with Crippen molar-refractivity contribution < 1.29 is 18.6 Å². The predicted molar refractivity (Wildman–Crippen MR) is 78.1 cm³/mol. The van der Waals surface area contributed by atoms with Gasteiger partial charge in [-0.25, -0.2) is 8.78 Å². The first-order valence-corrected chi connectivity index (χ1v) is 6.44. The second kappa shape index (κ2) is 6.34. The van der Waals surface area contributed by atoms with Gasteiger partial charge in [0.2, 0.25) is 0 Å². The molecular formula is C14H11F2N3O4. The molecule has 0 spiro atoms. The van der Waals surface area contributed by atoms with Crippen molar-refractivity contribution in [2.45, 2.75) is 13.0 Å². The van der Waals surface area contributed by atoms with E-state index in [2.05, 4.69) is 5.32 Å². The highest BCUT2D eigenvalue weighted by Crippen LogP contribution is 2.32. The van der Waals surface area contributed by atoms with Gasteiger partial charge in [0.05, 0.1) is 22.0 Å². The largest absolute Gasteiger partial charge is 0.373 e. The molecule has 7 nitrogen and oxygen atoms in total. The number of nitro benzene ring substituents is 2. The Morgan fingerprint density at radius 1 is 1.04 bits per heavy atom. The summed E-state index contributed by atoms with van der Waals surface area (Å²) in [5.74, 6) is -1.53. The summed E-state index contributed by atoms with van der Waals surface area (Å²) in [4.78, 5) is 20.2. The minimum Gasteiger partial charge on any atom is -0.373 e. The van der Waals surface area contributed by atoms with Crippen molar-refractivity contribution in [1.29, 1.82) is 0 Å². The fraction of sp³-hybridized carbons (Fsp3) is 0.143. The van der Waals surface area contributed by atoms with Crippen LogP contribution in [0.2, 0.25) is 0 Å². The van der Waals surface area contributed by atoms with Crippen LogP contribution in [0.1, 0.15) is 18.5 Å². The van der Waals surface area contributed by atoms with Crippen LogP contribution in [0.25, 0.3) is 0 Å². The van der Waals surface area contributed by atoms with Crippen LogP contribution in [0.3, 0.4) is 0 Å². The second-order valence-electron chi connectivity index (χ2n) is 4.75. The van der Waals surface area contributed by atoms with Crippen LogP contribution < -0.4 is 5.32 Å². The Labute approximate surface area is 128 Å². The zero-order chi connectivity index (χ0) is 17.1. The van der Waals surface area contributed by atoms with Gasteiger partial charge in [-0.15, -0.1) is 0 Å². The number of rotatable bonds is 5. The molecule has 0 heterocycles. The number of halogens is 2. The van der Waals surface area contributed by atoms with E-state index in [9.17, 15) is 29.0 Å². The summed E-state index contributed by atoms with van der Waals surface area (Å²) in [6, 6.07) is 5.38. The molecule has 0 saturated carbocycles. The van der Waals surface area contributed by atoms with Crippen LogP contribution in [-0.4, -0.2) is 9.85 Å². The molecule has 2 aromatic rings. The quantitative estimate of drug-likeness (QED) is 0.663. The van der Waals surface area contributed by atoms with E-state index in [0.29, 0.717) is 6.07 Å². The first-order valence-electron chi connectivity index (χ1n) is 6.44. The molecule has 1 N–H and O–H groups in total. The standard InChI is InChI=1S/C14H11F2N3O4/c1-8(11-4-2-9(15)6-12(11)16)17-13-5-3-10(18(20)21)7-14(13)19(22)23/h2-8,17H,1H3/t8-/m0/s1. The van der Waals surface area contributed by atoms with Crippen molar-refractivity contribution in [2.75, 3.05) is 5.32 Å². The van der Waals surface area contributed by atoms with E-state index < -0.39 is 38.9 Å². The number of benzene rings is 2. The summed E-state index contributed by atoms with van der Waals surface area (Å²) in [6.07, 6.45) is 0. The normalized spacial score (nSPS) is 11.8. The Morgan fingerprint density at radius 3 is 2.30 bits per heavy atom. The lowest BCUT2D eigenvalue weighted by Gasteiger charge is -2.16. The third-order valence-corrected chi connectivity index (χ3v) is 3.19. The van der Waals surface area contributed by atoms with Gasteiger partial charge in [0, 0.05) is 17.7 Å². The molecule has 2 rings (SSSR count). The van der Waals surface area contributed by atoms with Crippen molar-refractivity contribution in [3.8, 4) is 0 Å². The van der Waals surface area contributed by atoms with E-state index in [0.717, 1.165) is 18.2 Å². The van der Waals surface area contributed by atoms with Crippen molar-refractivity contribution in [2.24, 2.45) is 0 Å². The van der Waals surface area contributed by atoms with Gasteiger partial charge >= 0.3 is 0 Å². The third kappa shape index (κ3) is 3.57. The van der Waals surface area contributed by atoms with Gasteiger partial charge in [0.25, 0.3) is 11.4 Å². The Hall–Kier alpha value is -3.10. The van der Waals surface area contributed by atoms with Gasteiger partial charge in [0.1, 0.15) is 17.3 Å². The molecular weight excluding hydrogens is 312 g/mol. The van der Waals surface area contributed by atoms with Crippen LogP contribution in [0.15, 0.2) is 36.4 Å². The molecule has 0 fully saturated rings. The summed E-state index contributed by atoms with van der Waals surface area (Å²) >= 11 is 0. The molecule has 0 aliphatic carbocycles. The van der Waals surface area contributed by atoms with Gasteiger partial charge in [-0.1, -0.05) is 6.07 Å². The molecule has 0 bridgehead atoms. The number of nitro groups is 2. The predicted octanol–water partition coefficient (Wildman–Crippen LogP) is 3.95. The third-order valence-electron chi connectivity index (χ3n) is 3.19. The van der Waals surface area contributed by atoms with E-state index >= 15 is 0 Å². The zero-order valence-electron chi connectivity index (χ0n) is 11.8. The summed E-state index contributed by atoms with van der Waals surface area (Å²) < 4.78 is 26.6. The molecule has 1 atom stereocenters. The molecule has 0 aliphatic rings. The average Bonchev–Trinajstić information content (AvgIpc) is 2.46. The highest BCUT2D eigenvalue weighted by atomic mass is 19.1. The van der Waals surface area contributed by atoms with Crippen LogP contribution in [0, 0.1) is 31.9 Å². The molecule has 0 aliphatic heterocycles. The molecule has 23 heavy (non-hydrogen) atoms. The molecule has 120 valence electrons. The smallest absolute Gasteiger partial charge is 0.299 e. The molecule has 0 saturated heterocycles. The maximum atomic E-state index is 13.7. The molecule has 0 unspecified atom stereocenters. The van der Waals surface area contributed by atoms with Crippen molar-refractivity contribution >= 4 is 17.1 Å². The van der Waals surface area contributed by atoms with E-state index in [1.807, 2.05) is 0 Å². The van der Waals surface area contributed by atoms with E-state index in [1.165, 1.54) is 19.1 Å². The summed E-state index contributed by atoms with van der Waals surface area (Å²) in [5, 5.41) is 24.4. The first-order chi connectivity index (χ1) is 10.8. The van der Waals surface area contributed by atoms with Gasteiger partial charge in [-0.05, 0) is 19.1 Å². The Bertz CT molecular complexity index is 783. The van der Waals surface area contributed by atoms with Crippen molar-refractivity contribution in [3.05, 3.63) is 73.8 Å². The average molecular weight is 323 g/mol. The molecule has 0 amide bonds. The lowest BCUT2D eigenvalue weighted by atomic mass is 10.1. The van der Waals surface area contributed by atoms with E-state index in [-0.39, 0.29) is 11.3 Å². The van der Waals surface area contributed by atoms with E-state index in [1.54, 1.807) is 0 Å². The summed E-state index contributed by atoms with van der Waals surface area (Å²) in [6.45, 7) is 1.53. The fourth-order valence-electron chi connectivity index (χ4n) is 2.07. The summed E-state index contributed by atoms with van der Waals surface area (Å²) in [7, 11) is 0. The molecule has 0 aromatic heterocycles. The first kappa shape index (κ1) is 16.3. The Balaban J connectivity index is 2.35. The Morgan fingerprint density at radius 2 is 1.74 bits per heavy atom. The lowest BCUT2D eigenvalue weighted by molar-refractivity contribution is -0.393. The van der Waals surface area contributed by atoms with E-state index in [4.69, 9.17) is 0 Å². The van der Waals surface area contributed by atoms with Crippen LogP contribution in [-0.2, 0) is 0 Å².